The molecule has 2 aromatic rings. The number of amides is 1. The number of aliphatic hydroxyl groups is 1. The van der Waals surface area contributed by atoms with E-state index in [2.05, 4.69) is 11.5 Å². The highest BCUT2D eigenvalue weighted by Gasteiger charge is 2.46. The maximum absolute atomic E-state index is 13.4. The predicted molar refractivity (Wildman–Crippen MR) is 141 cm³/mol. The third-order valence-electron chi connectivity index (χ3n) is 6.63. The zero-order chi connectivity index (χ0) is 26.4. The van der Waals surface area contributed by atoms with E-state index in [4.69, 9.17) is 14.2 Å². The van der Waals surface area contributed by atoms with Crippen LogP contribution >= 0.6 is 0 Å². The maximum atomic E-state index is 13.4. The summed E-state index contributed by atoms with van der Waals surface area (Å²) in [6.45, 7) is 12.1. The molecule has 0 aliphatic carbocycles. The lowest BCUT2D eigenvalue weighted by Gasteiger charge is -2.31. The second-order valence-electron chi connectivity index (χ2n) is 9.02. The lowest BCUT2D eigenvalue weighted by Crippen LogP contribution is -2.42. The number of aryl methyl sites for hydroxylation is 1. The van der Waals surface area contributed by atoms with E-state index in [1.807, 2.05) is 32.0 Å². The largest absolute Gasteiger partial charge is 0.507 e. The average Bonchev–Trinajstić information content (AvgIpc) is 3.16. The van der Waals surface area contributed by atoms with Gasteiger partial charge in [0.1, 0.15) is 23.9 Å². The van der Waals surface area contributed by atoms with Crippen molar-refractivity contribution in [1.29, 1.82) is 0 Å². The van der Waals surface area contributed by atoms with Crippen LogP contribution in [0.3, 0.4) is 0 Å². The van der Waals surface area contributed by atoms with Gasteiger partial charge in [-0.25, -0.2) is 0 Å². The van der Waals surface area contributed by atoms with Crippen LogP contribution in [-0.2, 0) is 14.3 Å². The van der Waals surface area contributed by atoms with Crippen molar-refractivity contribution in [3.63, 3.8) is 0 Å². The van der Waals surface area contributed by atoms with E-state index in [0.717, 1.165) is 24.2 Å². The zero-order valence-electron chi connectivity index (χ0n) is 21.4. The van der Waals surface area contributed by atoms with E-state index in [0.29, 0.717) is 56.6 Å². The third-order valence-corrected chi connectivity index (χ3v) is 6.63. The number of carbonyl (C=O) groups excluding carboxylic acids is 2. The summed E-state index contributed by atoms with van der Waals surface area (Å²) in [6.07, 6.45) is 1.66. The molecule has 2 aliphatic rings. The molecule has 8 heteroatoms. The Hall–Kier alpha value is -3.62. The number of rotatable bonds is 10. The van der Waals surface area contributed by atoms with Gasteiger partial charge in [-0.05, 0) is 55.3 Å². The van der Waals surface area contributed by atoms with Crippen LogP contribution in [-0.4, -0.2) is 79.2 Å². The van der Waals surface area contributed by atoms with Gasteiger partial charge in [-0.1, -0.05) is 24.8 Å². The fourth-order valence-corrected chi connectivity index (χ4v) is 4.74. The van der Waals surface area contributed by atoms with Gasteiger partial charge in [0.2, 0.25) is 0 Å². The Morgan fingerprint density at radius 2 is 1.78 bits per heavy atom. The number of hydrogen-bond acceptors (Lipinski definition) is 7. The Morgan fingerprint density at radius 3 is 2.43 bits per heavy atom. The van der Waals surface area contributed by atoms with Crippen molar-refractivity contribution in [2.75, 3.05) is 52.6 Å². The lowest BCUT2D eigenvalue weighted by atomic mass is 9.94. The maximum Gasteiger partial charge on any atom is 0.295 e. The number of carbonyl (C=O) groups is 2. The van der Waals surface area contributed by atoms with Crippen LogP contribution in [0.2, 0.25) is 0 Å². The summed E-state index contributed by atoms with van der Waals surface area (Å²) < 4.78 is 16.6. The second-order valence-corrected chi connectivity index (χ2v) is 9.02. The minimum absolute atomic E-state index is 0.0824. The monoisotopic (exact) mass is 506 g/mol. The predicted octanol–water partition coefficient (Wildman–Crippen LogP) is 3.71. The molecule has 2 aromatic carbocycles. The van der Waals surface area contributed by atoms with E-state index in [9.17, 15) is 14.7 Å². The molecule has 0 bridgehead atoms. The van der Waals surface area contributed by atoms with Gasteiger partial charge < -0.3 is 24.2 Å². The van der Waals surface area contributed by atoms with Gasteiger partial charge >= 0.3 is 0 Å². The molecule has 2 fully saturated rings. The summed E-state index contributed by atoms with van der Waals surface area (Å²) in [6, 6.07) is 11.8. The molecule has 0 saturated carbocycles. The third kappa shape index (κ3) is 5.87. The van der Waals surface area contributed by atoms with Crippen LogP contribution in [0.1, 0.15) is 29.7 Å². The molecule has 4 rings (SSSR count). The van der Waals surface area contributed by atoms with Crippen molar-refractivity contribution in [2.24, 2.45) is 0 Å². The molecule has 2 aliphatic heterocycles. The van der Waals surface area contributed by atoms with Crippen molar-refractivity contribution in [3.8, 4) is 11.5 Å². The lowest BCUT2D eigenvalue weighted by molar-refractivity contribution is -0.140. The minimum atomic E-state index is -0.722. The van der Waals surface area contributed by atoms with Gasteiger partial charge in [0.05, 0.1) is 31.4 Å². The fourth-order valence-electron chi connectivity index (χ4n) is 4.74. The molecule has 1 amide bonds. The van der Waals surface area contributed by atoms with Gasteiger partial charge in [-0.15, -0.1) is 0 Å². The number of Topliss-reactive ketones (excluding diaryl/α,β-unsaturated/α-hetero) is 1. The molecule has 0 unspecified atom stereocenters. The first kappa shape index (κ1) is 26.4. The van der Waals surface area contributed by atoms with Crippen LogP contribution in [0, 0.1) is 6.92 Å². The van der Waals surface area contributed by atoms with Gasteiger partial charge in [0.25, 0.3) is 11.7 Å². The van der Waals surface area contributed by atoms with Gasteiger partial charge in [0, 0.05) is 31.7 Å². The smallest absolute Gasteiger partial charge is 0.295 e. The number of morpholine rings is 1. The number of benzene rings is 2. The summed E-state index contributed by atoms with van der Waals surface area (Å²) >= 11 is 0. The topological polar surface area (TPSA) is 88.5 Å². The number of hydrogen-bond donors (Lipinski definition) is 1. The fraction of sp³-hybridized carbons (Fsp3) is 0.379. The molecule has 196 valence electrons. The highest BCUT2D eigenvalue weighted by molar-refractivity contribution is 6.46. The summed E-state index contributed by atoms with van der Waals surface area (Å²) in [5.74, 6) is -0.171. The molecule has 37 heavy (non-hydrogen) atoms. The van der Waals surface area contributed by atoms with Gasteiger partial charge in [0.15, 0.2) is 0 Å². The first-order valence-corrected chi connectivity index (χ1v) is 12.6. The van der Waals surface area contributed by atoms with Crippen LogP contribution in [0.5, 0.6) is 11.5 Å². The number of ether oxygens (including phenoxy) is 3. The van der Waals surface area contributed by atoms with E-state index < -0.39 is 17.7 Å². The summed E-state index contributed by atoms with van der Waals surface area (Å²) in [4.78, 5) is 30.4. The van der Waals surface area contributed by atoms with Crippen molar-refractivity contribution in [2.45, 2.75) is 19.9 Å². The van der Waals surface area contributed by atoms with E-state index in [-0.39, 0.29) is 11.3 Å². The molecule has 0 spiro atoms. The van der Waals surface area contributed by atoms with Crippen molar-refractivity contribution >= 4 is 17.4 Å². The zero-order valence-corrected chi connectivity index (χ0v) is 21.4. The molecule has 2 saturated heterocycles. The Morgan fingerprint density at radius 1 is 1.08 bits per heavy atom. The number of likely N-dealkylation sites (tertiary alicyclic amines) is 1. The number of nitrogens with zero attached hydrogens (tertiary/aromatic N) is 2. The van der Waals surface area contributed by atoms with Crippen molar-refractivity contribution in [3.05, 3.63) is 77.4 Å². The summed E-state index contributed by atoms with van der Waals surface area (Å²) in [7, 11) is 0. The van der Waals surface area contributed by atoms with Crippen LogP contribution in [0.4, 0.5) is 0 Å². The molecule has 1 atom stereocenters. The molecule has 0 radical (unpaired) electrons. The van der Waals surface area contributed by atoms with Gasteiger partial charge in [-0.2, -0.15) is 0 Å². The van der Waals surface area contributed by atoms with E-state index in [1.54, 1.807) is 35.2 Å². The summed E-state index contributed by atoms with van der Waals surface area (Å²) in [5, 5.41) is 11.4. The number of ketones is 1. The van der Waals surface area contributed by atoms with Crippen LogP contribution in [0.25, 0.3) is 5.76 Å². The summed E-state index contributed by atoms with van der Waals surface area (Å²) in [5.41, 5.74) is 2.04. The molecular weight excluding hydrogens is 472 g/mol. The molecule has 1 N–H and O–H groups in total. The normalized spacial score (nSPS) is 19.7. The Labute approximate surface area is 217 Å². The highest BCUT2D eigenvalue weighted by atomic mass is 16.5. The standard InChI is InChI=1S/C29H34N2O6/c1-4-16-37-22-8-6-21(7-9-22)26-25(27(32)24-11-10-23(36-5-2)19-20(24)3)28(33)29(34)31(26)13-12-30-14-17-35-18-15-30/h4,6-11,19,26,32H,1,5,12-18H2,2-3H3/t26-/m1/s1. The molecule has 2 heterocycles. The van der Waals surface area contributed by atoms with E-state index in [1.165, 1.54) is 0 Å². The molecule has 8 nitrogen and oxygen atoms in total. The van der Waals surface area contributed by atoms with Crippen LogP contribution in [0.15, 0.2) is 60.7 Å². The highest BCUT2D eigenvalue weighted by Crippen LogP contribution is 2.40. The molecular formula is C29H34N2O6. The average molecular weight is 507 g/mol. The molecule has 0 aromatic heterocycles. The van der Waals surface area contributed by atoms with Gasteiger partial charge in [-0.3, -0.25) is 14.5 Å². The Bertz CT molecular complexity index is 1170. The van der Waals surface area contributed by atoms with Crippen molar-refractivity contribution in [1.82, 2.24) is 9.80 Å². The quantitative estimate of drug-likeness (QED) is 0.227. The first-order chi connectivity index (χ1) is 17.9. The second kappa shape index (κ2) is 12.1. The van der Waals surface area contributed by atoms with E-state index >= 15 is 0 Å². The first-order valence-electron chi connectivity index (χ1n) is 12.6. The Kier molecular flexibility index (Phi) is 8.63. The SMILES string of the molecule is C=CCOc1ccc([C@@H]2C(=C(O)c3ccc(OCC)cc3C)C(=O)C(=O)N2CCN2CCOCC2)cc1. The minimum Gasteiger partial charge on any atom is -0.507 e. The number of aliphatic hydroxyl groups excluding tert-OH is 1. The Balaban J connectivity index is 1.72. The van der Waals surface area contributed by atoms with Crippen molar-refractivity contribution < 1.29 is 28.9 Å². The van der Waals surface area contributed by atoms with Crippen LogP contribution < -0.4 is 9.47 Å².